The number of hydrogen-bond acceptors (Lipinski definition) is 3. The Kier molecular flexibility index (Phi) is 4.39. The summed E-state index contributed by atoms with van der Waals surface area (Å²) < 4.78 is 20.4. The summed E-state index contributed by atoms with van der Waals surface area (Å²) in [4.78, 5) is 0. The van der Waals surface area contributed by atoms with Crippen LogP contribution in [0, 0.1) is 12.7 Å². The molecule has 1 unspecified atom stereocenters. The summed E-state index contributed by atoms with van der Waals surface area (Å²) in [6.45, 7) is 4.65. The highest BCUT2D eigenvalue weighted by Gasteiger charge is 2.14. The molecule has 0 spiro atoms. The van der Waals surface area contributed by atoms with E-state index in [2.05, 4.69) is 5.10 Å². The lowest BCUT2D eigenvalue weighted by Crippen LogP contribution is -2.08. The van der Waals surface area contributed by atoms with Crippen LogP contribution in [0.5, 0.6) is 5.75 Å². The predicted octanol–water partition coefficient (Wildman–Crippen LogP) is 2.64. The average Bonchev–Trinajstić information content (AvgIpc) is 2.78. The van der Waals surface area contributed by atoms with Gasteiger partial charge in [-0.2, -0.15) is 5.10 Å². The minimum absolute atomic E-state index is 0.176. The summed E-state index contributed by atoms with van der Waals surface area (Å²) in [6, 6.07) is 6.44. The van der Waals surface area contributed by atoms with Crippen LogP contribution in [0.15, 0.2) is 24.3 Å². The van der Waals surface area contributed by atoms with Crippen LogP contribution in [0.2, 0.25) is 0 Å². The Morgan fingerprint density at radius 1 is 1.40 bits per heavy atom. The Balaban J connectivity index is 2.19. The van der Waals surface area contributed by atoms with Crippen LogP contribution in [0.1, 0.15) is 30.0 Å². The van der Waals surface area contributed by atoms with Gasteiger partial charge < -0.3 is 9.84 Å². The summed E-state index contributed by atoms with van der Waals surface area (Å²) in [6.07, 6.45) is -0.364. The molecule has 0 amide bonds. The van der Waals surface area contributed by atoms with Gasteiger partial charge in [-0.05, 0) is 37.6 Å². The van der Waals surface area contributed by atoms with Crippen LogP contribution >= 0.6 is 0 Å². The molecule has 1 aromatic heterocycles. The van der Waals surface area contributed by atoms with E-state index in [1.807, 2.05) is 24.6 Å². The number of halogens is 1. The lowest BCUT2D eigenvalue weighted by Gasteiger charge is -2.13. The van der Waals surface area contributed by atoms with Crippen molar-refractivity contribution < 1.29 is 14.2 Å². The Labute approximate surface area is 117 Å². The van der Waals surface area contributed by atoms with Crippen LogP contribution in [-0.2, 0) is 13.0 Å². The van der Waals surface area contributed by atoms with Gasteiger partial charge in [0, 0.05) is 18.7 Å². The van der Waals surface area contributed by atoms with Crippen molar-refractivity contribution in [3.05, 3.63) is 47.0 Å². The zero-order valence-corrected chi connectivity index (χ0v) is 11.9. The number of methoxy groups -OCH3 is 1. The zero-order chi connectivity index (χ0) is 14.7. The molecule has 2 aromatic rings. The molecule has 0 saturated heterocycles. The van der Waals surface area contributed by atoms with Gasteiger partial charge in [0.2, 0.25) is 0 Å². The lowest BCUT2D eigenvalue weighted by atomic mass is 10.0. The molecule has 5 heteroatoms. The first-order valence-electron chi connectivity index (χ1n) is 6.60. The molecule has 0 aliphatic rings. The van der Waals surface area contributed by atoms with Crippen LogP contribution in [-0.4, -0.2) is 22.0 Å². The molecule has 0 aliphatic carbocycles. The van der Waals surface area contributed by atoms with E-state index in [0.717, 1.165) is 17.9 Å². The molecule has 0 aliphatic heterocycles. The SMILES string of the molecule is CCn1nc(C)cc1CC(O)c1ccc(OC)c(F)c1. The highest BCUT2D eigenvalue weighted by Crippen LogP contribution is 2.24. The molecule has 0 fully saturated rings. The number of aliphatic hydroxyl groups excluding tert-OH is 1. The van der Waals surface area contributed by atoms with E-state index in [4.69, 9.17) is 4.74 Å². The van der Waals surface area contributed by atoms with Gasteiger partial charge in [-0.25, -0.2) is 4.39 Å². The maximum atomic E-state index is 13.6. The predicted molar refractivity (Wildman–Crippen MR) is 74.3 cm³/mol. The zero-order valence-electron chi connectivity index (χ0n) is 11.9. The van der Waals surface area contributed by atoms with Crippen LogP contribution in [0.4, 0.5) is 4.39 Å². The highest BCUT2D eigenvalue weighted by molar-refractivity contribution is 5.31. The normalized spacial score (nSPS) is 12.4. The highest BCUT2D eigenvalue weighted by atomic mass is 19.1. The molecule has 0 bridgehead atoms. The number of aliphatic hydroxyl groups is 1. The first-order chi connectivity index (χ1) is 9.55. The molecule has 0 saturated carbocycles. The van der Waals surface area contributed by atoms with Crippen molar-refractivity contribution in [1.29, 1.82) is 0 Å². The molecular formula is C15H19FN2O2. The van der Waals surface area contributed by atoms with Crippen LogP contribution < -0.4 is 4.74 Å². The number of aromatic nitrogens is 2. The molecule has 0 radical (unpaired) electrons. The molecular weight excluding hydrogens is 259 g/mol. The third kappa shape index (κ3) is 2.99. The van der Waals surface area contributed by atoms with Gasteiger partial charge in [0.1, 0.15) is 0 Å². The summed E-state index contributed by atoms with van der Waals surface area (Å²) in [5, 5.41) is 14.6. The summed E-state index contributed by atoms with van der Waals surface area (Å²) in [5.74, 6) is -0.292. The topological polar surface area (TPSA) is 47.3 Å². The molecule has 108 valence electrons. The van der Waals surface area contributed by atoms with E-state index >= 15 is 0 Å². The smallest absolute Gasteiger partial charge is 0.165 e. The second kappa shape index (κ2) is 6.05. The van der Waals surface area contributed by atoms with Crippen molar-refractivity contribution in [1.82, 2.24) is 9.78 Å². The number of nitrogens with zero attached hydrogens (tertiary/aromatic N) is 2. The third-order valence-electron chi connectivity index (χ3n) is 3.25. The van der Waals surface area contributed by atoms with Gasteiger partial charge in [-0.3, -0.25) is 4.68 Å². The molecule has 20 heavy (non-hydrogen) atoms. The van der Waals surface area contributed by atoms with Crippen molar-refractivity contribution in [3.63, 3.8) is 0 Å². The quantitative estimate of drug-likeness (QED) is 0.914. The number of rotatable bonds is 5. The fourth-order valence-electron chi connectivity index (χ4n) is 2.24. The van der Waals surface area contributed by atoms with E-state index in [9.17, 15) is 9.50 Å². The second-order valence-electron chi connectivity index (χ2n) is 4.71. The minimum Gasteiger partial charge on any atom is -0.494 e. The fraction of sp³-hybridized carbons (Fsp3) is 0.400. The van der Waals surface area contributed by atoms with Crippen LogP contribution in [0.25, 0.3) is 0 Å². The molecule has 1 aromatic carbocycles. The van der Waals surface area contributed by atoms with E-state index in [1.165, 1.54) is 19.2 Å². The molecule has 1 N–H and O–H groups in total. The van der Waals surface area contributed by atoms with Crippen molar-refractivity contribution >= 4 is 0 Å². The molecule has 1 atom stereocenters. The van der Waals surface area contributed by atoms with Crippen molar-refractivity contribution in [2.24, 2.45) is 0 Å². The van der Waals surface area contributed by atoms with Crippen molar-refractivity contribution in [2.45, 2.75) is 32.9 Å². The Bertz CT molecular complexity index is 596. The van der Waals surface area contributed by atoms with Gasteiger partial charge >= 0.3 is 0 Å². The van der Waals surface area contributed by atoms with E-state index in [-0.39, 0.29) is 5.75 Å². The van der Waals surface area contributed by atoms with Crippen molar-refractivity contribution in [3.8, 4) is 5.75 Å². The number of benzene rings is 1. The number of aryl methyl sites for hydroxylation is 2. The van der Waals surface area contributed by atoms with E-state index in [0.29, 0.717) is 12.0 Å². The lowest BCUT2D eigenvalue weighted by molar-refractivity contribution is 0.175. The first kappa shape index (κ1) is 14.5. The van der Waals surface area contributed by atoms with Crippen LogP contribution in [0.3, 0.4) is 0 Å². The monoisotopic (exact) mass is 278 g/mol. The van der Waals surface area contributed by atoms with Crippen molar-refractivity contribution in [2.75, 3.05) is 7.11 Å². The summed E-state index contributed by atoms with van der Waals surface area (Å²) >= 11 is 0. The first-order valence-corrected chi connectivity index (χ1v) is 6.60. The Morgan fingerprint density at radius 3 is 2.75 bits per heavy atom. The van der Waals surface area contributed by atoms with Gasteiger partial charge in [0.05, 0.1) is 18.9 Å². The molecule has 4 nitrogen and oxygen atoms in total. The minimum atomic E-state index is -0.767. The van der Waals surface area contributed by atoms with E-state index in [1.54, 1.807) is 6.07 Å². The fourth-order valence-corrected chi connectivity index (χ4v) is 2.24. The van der Waals surface area contributed by atoms with Gasteiger partial charge in [0.25, 0.3) is 0 Å². The summed E-state index contributed by atoms with van der Waals surface area (Å²) in [5.41, 5.74) is 2.38. The molecule has 2 rings (SSSR count). The largest absolute Gasteiger partial charge is 0.494 e. The average molecular weight is 278 g/mol. The standard InChI is InChI=1S/C15H19FN2O2/c1-4-18-12(7-10(2)17-18)9-14(19)11-5-6-15(20-3)13(16)8-11/h5-8,14,19H,4,9H2,1-3H3. The third-order valence-corrected chi connectivity index (χ3v) is 3.25. The number of ether oxygens (including phenoxy) is 1. The second-order valence-corrected chi connectivity index (χ2v) is 4.71. The van der Waals surface area contributed by atoms with Gasteiger partial charge in [0.15, 0.2) is 11.6 Å². The van der Waals surface area contributed by atoms with Gasteiger partial charge in [-0.15, -0.1) is 0 Å². The maximum Gasteiger partial charge on any atom is 0.165 e. The maximum absolute atomic E-state index is 13.6. The van der Waals surface area contributed by atoms with Gasteiger partial charge in [-0.1, -0.05) is 6.07 Å². The molecule has 1 heterocycles. The van der Waals surface area contributed by atoms with E-state index < -0.39 is 11.9 Å². The Morgan fingerprint density at radius 2 is 2.15 bits per heavy atom. The Hall–Kier alpha value is -1.88. The summed E-state index contributed by atoms with van der Waals surface area (Å²) in [7, 11) is 1.41. The number of hydrogen-bond donors (Lipinski definition) is 1.